The highest BCUT2D eigenvalue weighted by molar-refractivity contribution is 6.33. The molecule has 0 aromatic heterocycles. The summed E-state index contributed by atoms with van der Waals surface area (Å²) >= 11 is 13.0. The van der Waals surface area contributed by atoms with Gasteiger partial charge in [0.15, 0.2) is 11.5 Å². The monoisotopic (exact) mass is 324 g/mol. The summed E-state index contributed by atoms with van der Waals surface area (Å²) in [7, 11) is 3.18. The smallest absolute Gasteiger partial charge is 0.162 e. The van der Waals surface area contributed by atoms with E-state index >= 15 is 0 Å². The zero-order chi connectivity index (χ0) is 15.4. The first-order chi connectivity index (χ1) is 10.1. The topological polar surface area (TPSA) is 18.5 Å². The summed E-state index contributed by atoms with van der Waals surface area (Å²) in [5.74, 6) is 1.36. The summed E-state index contributed by atoms with van der Waals surface area (Å²) in [6.07, 6.45) is 0. The fourth-order valence-electron chi connectivity index (χ4n) is 2.28. The molecule has 0 aliphatic rings. The lowest BCUT2D eigenvalue weighted by molar-refractivity contribution is 0.354. The molecule has 0 saturated carbocycles. The van der Waals surface area contributed by atoms with Crippen LogP contribution in [-0.2, 0) is 0 Å². The van der Waals surface area contributed by atoms with Gasteiger partial charge in [0.2, 0.25) is 0 Å². The van der Waals surface area contributed by atoms with E-state index in [0.29, 0.717) is 16.5 Å². The van der Waals surface area contributed by atoms with Gasteiger partial charge in [-0.05, 0) is 17.2 Å². The molecule has 4 heteroatoms. The lowest BCUT2D eigenvalue weighted by atomic mass is 9.93. The van der Waals surface area contributed by atoms with Crippen molar-refractivity contribution < 1.29 is 9.47 Å². The molecule has 2 unspecified atom stereocenters. The van der Waals surface area contributed by atoms with Gasteiger partial charge < -0.3 is 9.47 Å². The Hall–Kier alpha value is -1.38. The molecule has 2 nitrogen and oxygen atoms in total. The van der Waals surface area contributed by atoms with Crippen LogP contribution in [0.4, 0.5) is 0 Å². The lowest BCUT2D eigenvalue weighted by Gasteiger charge is -2.21. The molecular formula is C17H18Cl2O2. The summed E-state index contributed by atoms with van der Waals surface area (Å²) in [4.78, 5) is 0. The van der Waals surface area contributed by atoms with Crippen LogP contribution in [0, 0.1) is 0 Å². The third-order valence-electron chi connectivity index (χ3n) is 3.56. The van der Waals surface area contributed by atoms with E-state index in [4.69, 9.17) is 32.7 Å². The van der Waals surface area contributed by atoms with Gasteiger partial charge in [0.05, 0.1) is 19.6 Å². The molecule has 2 aromatic rings. The number of ether oxygens (including phenoxy) is 2. The molecule has 2 rings (SSSR count). The number of benzene rings is 2. The van der Waals surface area contributed by atoms with Crippen LogP contribution in [-0.4, -0.2) is 14.2 Å². The highest BCUT2D eigenvalue weighted by Gasteiger charge is 2.22. The van der Waals surface area contributed by atoms with Gasteiger partial charge in [0, 0.05) is 17.0 Å². The number of rotatable bonds is 5. The van der Waals surface area contributed by atoms with Crippen LogP contribution in [0.1, 0.15) is 29.3 Å². The molecule has 0 aliphatic carbocycles. The van der Waals surface area contributed by atoms with E-state index in [1.54, 1.807) is 20.3 Å². The largest absolute Gasteiger partial charge is 0.493 e. The van der Waals surface area contributed by atoms with E-state index in [1.807, 2.05) is 24.3 Å². The summed E-state index contributed by atoms with van der Waals surface area (Å²) in [6.45, 7) is 2.08. The van der Waals surface area contributed by atoms with E-state index in [9.17, 15) is 0 Å². The SMILES string of the molecule is COc1cc(Cl)c(C(Cl)C(C)c2ccccc2)cc1OC. The second-order valence-electron chi connectivity index (χ2n) is 4.83. The van der Waals surface area contributed by atoms with Gasteiger partial charge in [-0.25, -0.2) is 0 Å². The predicted molar refractivity (Wildman–Crippen MR) is 88.0 cm³/mol. The molecule has 2 atom stereocenters. The molecule has 0 radical (unpaired) electrons. The highest BCUT2D eigenvalue weighted by Crippen LogP contribution is 2.43. The lowest BCUT2D eigenvalue weighted by Crippen LogP contribution is -2.04. The van der Waals surface area contributed by atoms with Gasteiger partial charge >= 0.3 is 0 Å². The molecule has 0 amide bonds. The molecule has 0 heterocycles. The number of methoxy groups -OCH3 is 2. The summed E-state index contributed by atoms with van der Waals surface area (Å²) in [5.41, 5.74) is 2.01. The second-order valence-corrected chi connectivity index (χ2v) is 5.71. The van der Waals surface area contributed by atoms with Crippen LogP contribution in [0.2, 0.25) is 5.02 Å². The number of hydrogen-bond acceptors (Lipinski definition) is 2. The van der Waals surface area contributed by atoms with Gasteiger partial charge in [-0.3, -0.25) is 0 Å². The van der Waals surface area contributed by atoms with Crippen molar-refractivity contribution in [2.45, 2.75) is 18.2 Å². The standard InChI is InChI=1S/C17H18Cl2O2/c1-11(12-7-5-4-6-8-12)17(19)13-9-15(20-2)16(21-3)10-14(13)18/h4-11,17H,1-3H3. The maximum atomic E-state index is 6.64. The Morgan fingerprint density at radius 3 is 2.10 bits per heavy atom. The Morgan fingerprint density at radius 1 is 0.952 bits per heavy atom. The maximum absolute atomic E-state index is 6.64. The average molecular weight is 325 g/mol. The molecule has 0 N–H and O–H groups in total. The first-order valence-corrected chi connectivity index (χ1v) is 7.50. The van der Waals surface area contributed by atoms with Crippen molar-refractivity contribution >= 4 is 23.2 Å². The molecule has 0 spiro atoms. The third-order valence-corrected chi connectivity index (χ3v) is 4.50. The molecule has 0 bridgehead atoms. The van der Waals surface area contributed by atoms with Gasteiger partial charge in [-0.1, -0.05) is 48.9 Å². The minimum Gasteiger partial charge on any atom is -0.493 e. The van der Waals surface area contributed by atoms with Crippen molar-refractivity contribution in [2.24, 2.45) is 0 Å². The van der Waals surface area contributed by atoms with E-state index < -0.39 is 0 Å². The van der Waals surface area contributed by atoms with E-state index in [1.165, 1.54) is 5.56 Å². The van der Waals surface area contributed by atoms with Crippen molar-refractivity contribution in [3.05, 3.63) is 58.6 Å². The maximum Gasteiger partial charge on any atom is 0.162 e. The first-order valence-electron chi connectivity index (χ1n) is 6.69. The molecule has 112 valence electrons. The fourth-order valence-corrected chi connectivity index (χ4v) is 2.93. The minimum absolute atomic E-state index is 0.128. The second kappa shape index (κ2) is 7.06. The number of hydrogen-bond donors (Lipinski definition) is 0. The zero-order valence-corrected chi connectivity index (χ0v) is 13.8. The predicted octanol–water partition coefficient (Wildman–Crippen LogP) is 5.44. The molecule has 0 saturated heterocycles. The minimum atomic E-state index is -0.250. The molecule has 2 aromatic carbocycles. The van der Waals surface area contributed by atoms with E-state index in [-0.39, 0.29) is 11.3 Å². The Balaban J connectivity index is 2.37. The molecular weight excluding hydrogens is 307 g/mol. The Bertz CT molecular complexity index is 599. The van der Waals surface area contributed by atoms with Crippen molar-refractivity contribution in [3.63, 3.8) is 0 Å². The number of halogens is 2. The molecule has 0 fully saturated rings. The first kappa shape index (κ1) is 16.0. The van der Waals surface area contributed by atoms with Gasteiger partial charge in [0.25, 0.3) is 0 Å². The summed E-state index contributed by atoms with van der Waals surface area (Å²) in [5, 5.41) is 0.329. The molecule has 0 aliphatic heterocycles. The van der Waals surface area contributed by atoms with Crippen molar-refractivity contribution in [3.8, 4) is 11.5 Å². The van der Waals surface area contributed by atoms with Crippen molar-refractivity contribution in [2.75, 3.05) is 14.2 Å². The average Bonchev–Trinajstić information content (AvgIpc) is 2.54. The van der Waals surface area contributed by atoms with Crippen LogP contribution in [0.25, 0.3) is 0 Å². The Labute approximate surface area is 135 Å². The Morgan fingerprint density at radius 2 is 1.52 bits per heavy atom. The normalized spacial score (nSPS) is 13.6. The van der Waals surface area contributed by atoms with Crippen molar-refractivity contribution in [1.82, 2.24) is 0 Å². The van der Waals surface area contributed by atoms with Gasteiger partial charge in [0.1, 0.15) is 0 Å². The quantitative estimate of drug-likeness (QED) is 0.681. The molecule has 21 heavy (non-hydrogen) atoms. The van der Waals surface area contributed by atoms with Crippen molar-refractivity contribution in [1.29, 1.82) is 0 Å². The van der Waals surface area contributed by atoms with Crippen LogP contribution in [0.5, 0.6) is 11.5 Å². The zero-order valence-electron chi connectivity index (χ0n) is 12.3. The summed E-state index contributed by atoms with van der Waals surface area (Å²) < 4.78 is 10.6. The van der Waals surface area contributed by atoms with Crippen LogP contribution < -0.4 is 9.47 Å². The van der Waals surface area contributed by atoms with Crippen LogP contribution in [0.15, 0.2) is 42.5 Å². The van der Waals surface area contributed by atoms with E-state index in [2.05, 4.69) is 19.1 Å². The number of alkyl halides is 1. The van der Waals surface area contributed by atoms with Gasteiger partial charge in [-0.2, -0.15) is 0 Å². The third kappa shape index (κ3) is 3.45. The highest BCUT2D eigenvalue weighted by atomic mass is 35.5. The van der Waals surface area contributed by atoms with E-state index in [0.717, 1.165) is 5.56 Å². The summed E-state index contributed by atoms with van der Waals surface area (Å²) in [6, 6.07) is 13.7. The fraction of sp³-hybridized carbons (Fsp3) is 0.294. The van der Waals surface area contributed by atoms with Crippen LogP contribution in [0.3, 0.4) is 0 Å². The Kier molecular flexibility index (Phi) is 5.38. The van der Waals surface area contributed by atoms with Crippen LogP contribution >= 0.6 is 23.2 Å². The van der Waals surface area contributed by atoms with Gasteiger partial charge in [-0.15, -0.1) is 11.6 Å².